The molecule has 4 nitrogen and oxygen atoms in total. The van der Waals surface area contributed by atoms with Gasteiger partial charge in [0.1, 0.15) is 11.3 Å². The number of halogens is 3. The third-order valence-corrected chi connectivity index (χ3v) is 2.70. The lowest BCUT2D eigenvalue weighted by molar-refractivity contribution is -0.0504. The second-order valence-corrected chi connectivity index (χ2v) is 3.64. The van der Waals surface area contributed by atoms with Crippen molar-refractivity contribution in [2.24, 2.45) is 0 Å². The van der Waals surface area contributed by atoms with Crippen LogP contribution in [-0.4, -0.2) is 19.7 Å². The fourth-order valence-corrected chi connectivity index (χ4v) is 1.97. The highest BCUT2D eigenvalue weighted by Crippen LogP contribution is 2.29. The van der Waals surface area contributed by atoms with Crippen LogP contribution < -0.4 is 4.74 Å². The lowest BCUT2D eigenvalue weighted by atomic mass is 10.0. The van der Waals surface area contributed by atoms with Crippen LogP contribution in [0.5, 0.6) is 5.75 Å². The molecule has 0 bridgehead atoms. The van der Waals surface area contributed by atoms with Gasteiger partial charge >= 0.3 is 12.6 Å². The van der Waals surface area contributed by atoms with E-state index in [0.717, 1.165) is 13.2 Å². The fourth-order valence-electron chi connectivity index (χ4n) is 1.39. The van der Waals surface area contributed by atoms with Crippen molar-refractivity contribution in [3.05, 3.63) is 28.8 Å². The molecule has 1 aromatic rings. The van der Waals surface area contributed by atoms with Gasteiger partial charge in [-0.3, -0.25) is 0 Å². The van der Waals surface area contributed by atoms with Crippen molar-refractivity contribution in [2.75, 3.05) is 7.11 Å². The highest BCUT2D eigenvalue weighted by molar-refractivity contribution is 9.08. The van der Waals surface area contributed by atoms with Gasteiger partial charge in [0.2, 0.25) is 0 Å². The molecule has 1 aromatic carbocycles. The van der Waals surface area contributed by atoms with Crippen LogP contribution >= 0.6 is 15.9 Å². The molecule has 0 saturated carbocycles. The second-order valence-electron chi connectivity index (χ2n) is 3.08. The fraction of sp³-hybridized carbons (Fsp3) is 0.273. The Hall–Kier alpha value is -1.68. The molecule has 0 N–H and O–H groups in total. The van der Waals surface area contributed by atoms with E-state index in [2.05, 4.69) is 25.4 Å². The molecule has 0 amide bonds. The standard InChI is InChI=1S/C11H8BrF2NO3/c1-17-10(16)9-7(4-12)6(5-15)2-3-8(9)18-11(13)14/h2-3,11H,4H2,1H3. The number of benzene rings is 1. The maximum Gasteiger partial charge on any atom is 0.387 e. The minimum Gasteiger partial charge on any atom is -0.465 e. The minimum atomic E-state index is -3.07. The predicted octanol–water partition coefficient (Wildman–Crippen LogP) is 2.84. The van der Waals surface area contributed by atoms with Crippen LogP contribution in [0.15, 0.2) is 12.1 Å². The Labute approximate surface area is 110 Å². The van der Waals surface area contributed by atoms with Gasteiger partial charge in [-0.15, -0.1) is 0 Å². The van der Waals surface area contributed by atoms with Gasteiger partial charge in [-0.05, 0) is 17.7 Å². The molecule has 0 saturated heterocycles. The molecule has 7 heteroatoms. The van der Waals surface area contributed by atoms with Gasteiger partial charge in [0.25, 0.3) is 0 Å². The van der Waals surface area contributed by atoms with Crippen molar-refractivity contribution in [1.82, 2.24) is 0 Å². The predicted molar refractivity (Wildman–Crippen MR) is 61.8 cm³/mol. The largest absolute Gasteiger partial charge is 0.465 e. The van der Waals surface area contributed by atoms with Crippen LogP contribution in [0.1, 0.15) is 21.5 Å². The summed E-state index contributed by atoms with van der Waals surface area (Å²) in [6, 6.07) is 4.31. The molecule has 0 aliphatic carbocycles. The Balaban J connectivity index is 3.45. The smallest absolute Gasteiger partial charge is 0.387 e. The minimum absolute atomic E-state index is 0.140. The van der Waals surface area contributed by atoms with E-state index in [1.807, 2.05) is 6.07 Å². The Morgan fingerprint density at radius 3 is 2.67 bits per heavy atom. The summed E-state index contributed by atoms with van der Waals surface area (Å²) in [6.07, 6.45) is 0. The molecule has 0 aromatic heterocycles. The van der Waals surface area contributed by atoms with Crippen LogP contribution in [0.3, 0.4) is 0 Å². The molecule has 96 valence electrons. The number of ether oxygens (including phenoxy) is 2. The van der Waals surface area contributed by atoms with Gasteiger partial charge in [0, 0.05) is 5.33 Å². The van der Waals surface area contributed by atoms with Crippen molar-refractivity contribution >= 4 is 21.9 Å². The third-order valence-electron chi connectivity index (χ3n) is 2.13. The van der Waals surface area contributed by atoms with Crippen molar-refractivity contribution < 1.29 is 23.0 Å². The normalized spacial score (nSPS) is 10.0. The molecule has 0 atom stereocenters. The third kappa shape index (κ3) is 2.96. The SMILES string of the molecule is COC(=O)c1c(OC(F)F)ccc(C#N)c1CBr. The summed E-state index contributed by atoms with van der Waals surface area (Å²) in [5.74, 6) is -1.15. The summed E-state index contributed by atoms with van der Waals surface area (Å²) >= 11 is 3.10. The summed E-state index contributed by atoms with van der Waals surface area (Å²) in [4.78, 5) is 11.6. The van der Waals surface area contributed by atoms with Crippen LogP contribution in [0, 0.1) is 11.3 Å². The van der Waals surface area contributed by atoms with Crippen LogP contribution in [-0.2, 0) is 10.1 Å². The number of alkyl halides is 3. The average molecular weight is 320 g/mol. The highest BCUT2D eigenvalue weighted by atomic mass is 79.9. The second kappa shape index (κ2) is 6.31. The Morgan fingerprint density at radius 2 is 2.22 bits per heavy atom. The van der Waals surface area contributed by atoms with E-state index < -0.39 is 12.6 Å². The number of nitrogens with zero attached hydrogens (tertiary/aromatic N) is 1. The summed E-state index contributed by atoms with van der Waals surface area (Å²) in [6.45, 7) is -3.07. The van der Waals surface area contributed by atoms with Gasteiger partial charge < -0.3 is 9.47 Å². The van der Waals surface area contributed by atoms with E-state index in [-0.39, 0.29) is 27.8 Å². The summed E-state index contributed by atoms with van der Waals surface area (Å²) in [5, 5.41) is 9.03. The van der Waals surface area contributed by atoms with Crippen molar-refractivity contribution in [1.29, 1.82) is 5.26 Å². The van der Waals surface area contributed by atoms with Gasteiger partial charge in [0.05, 0.1) is 18.7 Å². The topological polar surface area (TPSA) is 59.3 Å². The maximum absolute atomic E-state index is 12.2. The van der Waals surface area contributed by atoms with Gasteiger partial charge in [-0.25, -0.2) is 4.79 Å². The first-order valence-electron chi connectivity index (χ1n) is 4.70. The number of hydrogen-bond donors (Lipinski definition) is 0. The highest BCUT2D eigenvalue weighted by Gasteiger charge is 2.22. The number of nitriles is 1. The lowest BCUT2D eigenvalue weighted by Gasteiger charge is -2.13. The van der Waals surface area contributed by atoms with Crippen LogP contribution in [0.4, 0.5) is 8.78 Å². The van der Waals surface area contributed by atoms with Crippen molar-refractivity contribution in [3.8, 4) is 11.8 Å². The number of carbonyl (C=O) groups excluding carboxylic acids is 1. The molecule has 0 fully saturated rings. The van der Waals surface area contributed by atoms with Gasteiger partial charge in [0.15, 0.2) is 0 Å². The number of methoxy groups -OCH3 is 1. The number of carbonyl (C=O) groups is 1. The van der Waals surface area contributed by atoms with Crippen molar-refractivity contribution in [2.45, 2.75) is 11.9 Å². The van der Waals surface area contributed by atoms with E-state index in [1.54, 1.807) is 0 Å². The average Bonchev–Trinajstić information content (AvgIpc) is 2.36. The molecule has 1 rings (SSSR count). The molecule has 0 spiro atoms. The molecular formula is C11H8BrF2NO3. The number of rotatable bonds is 4. The molecule has 0 aliphatic heterocycles. The zero-order valence-electron chi connectivity index (χ0n) is 9.25. The molecule has 0 radical (unpaired) electrons. The molecular weight excluding hydrogens is 312 g/mol. The number of hydrogen-bond acceptors (Lipinski definition) is 4. The Bertz CT molecular complexity index is 500. The van der Waals surface area contributed by atoms with Gasteiger partial charge in [-0.1, -0.05) is 15.9 Å². The summed E-state index contributed by atoms with van der Waals surface area (Å²) < 4.78 is 33.2. The zero-order valence-corrected chi connectivity index (χ0v) is 10.8. The lowest BCUT2D eigenvalue weighted by Crippen LogP contribution is -2.12. The summed E-state index contributed by atoms with van der Waals surface area (Å²) in [7, 11) is 1.12. The Morgan fingerprint density at radius 1 is 1.56 bits per heavy atom. The zero-order chi connectivity index (χ0) is 13.7. The van der Waals surface area contributed by atoms with Gasteiger partial charge in [-0.2, -0.15) is 14.0 Å². The van der Waals surface area contributed by atoms with E-state index >= 15 is 0 Å². The monoisotopic (exact) mass is 319 g/mol. The van der Waals surface area contributed by atoms with E-state index in [1.165, 1.54) is 6.07 Å². The maximum atomic E-state index is 12.2. The van der Waals surface area contributed by atoms with E-state index in [4.69, 9.17) is 5.26 Å². The first-order chi connectivity index (χ1) is 8.54. The first kappa shape index (κ1) is 14.4. The molecule has 18 heavy (non-hydrogen) atoms. The van der Waals surface area contributed by atoms with Crippen LogP contribution in [0.25, 0.3) is 0 Å². The van der Waals surface area contributed by atoms with Crippen LogP contribution in [0.2, 0.25) is 0 Å². The summed E-state index contributed by atoms with van der Waals surface area (Å²) in [5.41, 5.74) is 0.269. The number of esters is 1. The first-order valence-corrected chi connectivity index (χ1v) is 5.82. The molecule has 0 aliphatic rings. The molecule has 0 heterocycles. The Kier molecular flexibility index (Phi) is 5.04. The quantitative estimate of drug-likeness (QED) is 0.632. The van der Waals surface area contributed by atoms with E-state index in [0.29, 0.717) is 0 Å². The van der Waals surface area contributed by atoms with Crippen molar-refractivity contribution in [3.63, 3.8) is 0 Å². The molecule has 0 unspecified atom stereocenters. The van der Waals surface area contributed by atoms with E-state index in [9.17, 15) is 13.6 Å².